The average Bonchev–Trinajstić information content (AvgIpc) is 2.62. The van der Waals surface area contributed by atoms with E-state index in [-0.39, 0.29) is 22.8 Å². The molecule has 1 heterocycles. The molecule has 1 aromatic rings. The van der Waals surface area contributed by atoms with Crippen LogP contribution in [0.5, 0.6) is 0 Å². The number of carbonyl (C=O) groups is 1. The fourth-order valence-electron chi connectivity index (χ4n) is 1.28. The fourth-order valence-corrected chi connectivity index (χ4v) is 2.77. The number of aromatic carboxylic acids is 1. The van der Waals surface area contributed by atoms with Gasteiger partial charge in [0.05, 0.1) is 12.0 Å². The maximum absolute atomic E-state index is 11.6. The van der Waals surface area contributed by atoms with Gasteiger partial charge in [-0.1, -0.05) is 13.3 Å². The summed E-state index contributed by atoms with van der Waals surface area (Å²) in [6, 6.07) is 1.26. The molecule has 1 aromatic heterocycles. The number of hydrogen-bond donors (Lipinski definition) is 1. The third-order valence-corrected chi connectivity index (χ3v) is 3.75. The largest absolute Gasteiger partial charge is 0.478 e. The van der Waals surface area contributed by atoms with Crippen molar-refractivity contribution in [3.8, 4) is 0 Å². The molecule has 0 bridgehead atoms. The third kappa shape index (κ3) is 3.37. The van der Waals surface area contributed by atoms with E-state index in [1.165, 1.54) is 12.3 Å². The van der Waals surface area contributed by atoms with Crippen LogP contribution in [0, 0.1) is 0 Å². The highest BCUT2D eigenvalue weighted by Gasteiger charge is 2.20. The molecule has 90 valence electrons. The second kappa shape index (κ2) is 5.16. The number of carboxylic acids is 1. The highest BCUT2D eigenvalue weighted by Crippen LogP contribution is 2.15. The second-order valence-corrected chi connectivity index (χ2v) is 5.69. The first-order valence-corrected chi connectivity index (χ1v) is 6.78. The topological polar surface area (TPSA) is 84.6 Å². The molecule has 0 saturated carbocycles. The Morgan fingerprint density at radius 1 is 1.50 bits per heavy atom. The zero-order valence-electron chi connectivity index (χ0n) is 8.97. The quantitative estimate of drug-likeness (QED) is 0.825. The summed E-state index contributed by atoms with van der Waals surface area (Å²) in [7, 11) is -3.28. The van der Waals surface area contributed by atoms with Crippen molar-refractivity contribution >= 4 is 15.8 Å². The van der Waals surface area contributed by atoms with Crippen LogP contribution in [0.3, 0.4) is 0 Å². The molecule has 0 aliphatic carbocycles. The lowest BCUT2D eigenvalue weighted by Gasteiger charge is -2.01. The lowest BCUT2D eigenvalue weighted by atomic mass is 10.3. The van der Waals surface area contributed by atoms with Gasteiger partial charge in [-0.05, 0) is 12.5 Å². The highest BCUT2D eigenvalue weighted by atomic mass is 32.2. The molecule has 0 aromatic carbocycles. The maximum Gasteiger partial charge on any atom is 0.339 e. The van der Waals surface area contributed by atoms with E-state index in [1.807, 2.05) is 6.92 Å². The number of rotatable bonds is 6. The Kier molecular flexibility index (Phi) is 4.12. The number of unbranched alkanes of at least 4 members (excludes halogenated alkanes) is 1. The van der Waals surface area contributed by atoms with Crippen molar-refractivity contribution in [1.29, 1.82) is 0 Å². The van der Waals surface area contributed by atoms with Crippen LogP contribution in [0.25, 0.3) is 0 Å². The Morgan fingerprint density at radius 2 is 2.19 bits per heavy atom. The molecule has 0 unspecified atom stereocenters. The summed E-state index contributed by atoms with van der Waals surface area (Å²) < 4.78 is 28.0. The smallest absolute Gasteiger partial charge is 0.339 e. The molecule has 0 aliphatic rings. The molecule has 0 atom stereocenters. The first-order valence-electron chi connectivity index (χ1n) is 4.96. The van der Waals surface area contributed by atoms with Gasteiger partial charge in [0.1, 0.15) is 17.1 Å². The molecule has 6 heteroatoms. The fraction of sp³-hybridized carbons (Fsp3) is 0.500. The van der Waals surface area contributed by atoms with Crippen LogP contribution in [0.2, 0.25) is 0 Å². The van der Waals surface area contributed by atoms with E-state index in [0.717, 1.165) is 6.42 Å². The van der Waals surface area contributed by atoms with E-state index in [0.29, 0.717) is 6.42 Å². The van der Waals surface area contributed by atoms with E-state index >= 15 is 0 Å². The lowest BCUT2D eigenvalue weighted by Crippen LogP contribution is -2.11. The molecule has 0 aliphatic heterocycles. The van der Waals surface area contributed by atoms with Crippen molar-refractivity contribution in [3.63, 3.8) is 0 Å². The van der Waals surface area contributed by atoms with Gasteiger partial charge in [0.25, 0.3) is 0 Å². The summed E-state index contributed by atoms with van der Waals surface area (Å²) in [5, 5.41) is 8.77. The highest BCUT2D eigenvalue weighted by molar-refractivity contribution is 7.90. The molecule has 0 amide bonds. The van der Waals surface area contributed by atoms with Crippen molar-refractivity contribution in [2.75, 3.05) is 5.75 Å². The number of sulfone groups is 1. The Morgan fingerprint density at radius 3 is 2.75 bits per heavy atom. The predicted molar refractivity (Wildman–Crippen MR) is 58.1 cm³/mol. The monoisotopic (exact) mass is 246 g/mol. The van der Waals surface area contributed by atoms with Crippen LogP contribution in [0.4, 0.5) is 0 Å². The zero-order valence-corrected chi connectivity index (χ0v) is 9.79. The van der Waals surface area contributed by atoms with E-state index in [9.17, 15) is 13.2 Å². The molecule has 0 radical (unpaired) electrons. The summed E-state index contributed by atoms with van der Waals surface area (Å²) in [6.07, 6.45) is 2.54. The molecule has 16 heavy (non-hydrogen) atoms. The minimum Gasteiger partial charge on any atom is -0.478 e. The molecule has 5 nitrogen and oxygen atoms in total. The summed E-state index contributed by atoms with van der Waals surface area (Å²) in [5.41, 5.74) is -0.0833. The van der Waals surface area contributed by atoms with Crippen LogP contribution in [-0.2, 0) is 15.6 Å². The summed E-state index contributed by atoms with van der Waals surface area (Å²) in [6.45, 7) is 1.89. The average molecular weight is 246 g/mol. The molecule has 0 spiro atoms. The molecule has 1 N–H and O–H groups in total. The molecule has 1 rings (SSSR count). The van der Waals surface area contributed by atoms with E-state index in [2.05, 4.69) is 0 Å². The van der Waals surface area contributed by atoms with Crippen molar-refractivity contribution in [1.82, 2.24) is 0 Å². The van der Waals surface area contributed by atoms with Crippen molar-refractivity contribution in [3.05, 3.63) is 23.7 Å². The summed E-state index contributed by atoms with van der Waals surface area (Å²) in [4.78, 5) is 10.7. The maximum atomic E-state index is 11.6. The van der Waals surface area contributed by atoms with Crippen LogP contribution >= 0.6 is 0 Å². The van der Waals surface area contributed by atoms with Crippen LogP contribution in [0.1, 0.15) is 35.9 Å². The Balaban J connectivity index is 2.80. The standard InChI is InChI=1S/C10H14O5S/c1-2-3-6-16(13,14)7-9-8(10(11)12)4-5-15-9/h4-5H,2-3,6-7H2,1H3,(H,11,12). The lowest BCUT2D eigenvalue weighted by molar-refractivity contribution is 0.0695. The molecular formula is C10H14O5S. The van der Waals surface area contributed by atoms with Gasteiger partial charge in [-0.15, -0.1) is 0 Å². The van der Waals surface area contributed by atoms with Crippen molar-refractivity contribution < 1.29 is 22.7 Å². The van der Waals surface area contributed by atoms with Gasteiger partial charge >= 0.3 is 5.97 Å². The van der Waals surface area contributed by atoms with Gasteiger partial charge in [0.15, 0.2) is 9.84 Å². The van der Waals surface area contributed by atoms with Crippen molar-refractivity contribution in [2.24, 2.45) is 0 Å². The van der Waals surface area contributed by atoms with Crippen molar-refractivity contribution in [2.45, 2.75) is 25.5 Å². The number of furan rings is 1. The first kappa shape index (κ1) is 12.8. The minimum atomic E-state index is -3.28. The van der Waals surface area contributed by atoms with E-state index in [4.69, 9.17) is 9.52 Å². The van der Waals surface area contributed by atoms with Crippen LogP contribution in [-0.4, -0.2) is 25.2 Å². The van der Waals surface area contributed by atoms with Crippen LogP contribution < -0.4 is 0 Å². The van der Waals surface area contributed by atoms with E-state index in [1.54, 1.807) is 0 Å². The number of hydrogen-bond acceptors (Lipinski definition) is 4. The zero-order chi connectivity index (χ0) is 12.2. The third-order valence-electron chi connectivity index (χ3n) is 2.14. The number of carboxylic acid groups (broad SMARTS) is 1. The SMILES string of the molecule is CCCCS(=O)(=O)Cc1occc1C(=O)O. The predicted octanol–water partition coefficient (Wildman–Crippen LogP) is 1.69. The van der Waals surface area contributed by atoms with Gasteiger partial charge in [-0.25, -0.2) is 13.2 Å². The van der Waals surface area contributed by atoms with E-state index < -0.39 is 15.8 Å². The minimum absolute atomic E-state index is 0.00334. The van der Waals surface area contributed by atoms with Crippen LogP contribution in [0.15, 0.2) is 16.7 Å². The summed E-state index contributed by atoms with van der Waals surface area (Å²) in [5.74, 6) is -1.46. The van der Waals surface area contributed by atoms with Gasteiger partial charge in [-0.3, -0.25) is 0 Å². The Bertz CT molecular complexity index is 457. The van der Waals surface area contributed by atoms with Gasteiger partial charge in [-0.2, -0.15) is 0 Å². The van der Waals surface area contributed by atoms with Gasteiger partial charge in [0.2, 0.25) is 0 Å². The Labute approximate surface area is 94.0 Å². The normalized spacial score (nSPS) is 11.6. The summed E-state index contributed by atoms with van der Waals surface area (Å²) >= 11 is 0. The first-order chi connectivity index (χ1) is 7.46. The van der Waals surface area contributed by atoms with Gasteiger partial charge < -0.3 is 9.52 Å². The Hall–Kier alpha value is -1.30. The van der Waals surface area contributed by atoms with Gasteiger partial charge in [0, 0.05) is 0 Å². The molecule has 0 fully saturated rings. The second-order valence-electron chi connectivity index (χ2n) is 3.51. The molecular weight excluding hydrogens is 232 g/mol. The molecule has 0 saturated heterocycles.